The molecule has 2 unspecified atom stereocenters. The fourth-order valence-electron chi connectivity index (χ4n) is 3.48. The van der Waals surface area contributed by atoms with Crippen LogP contribution in [0.15, 0.2) is 53.0 Å². The molecule has 0 amide bonds. The average molecular weight is 473 g/mol. The highest BCUT2D eigenvalue weighted by molar-refractivity contribution is 9.10. The van der Waals surface area contributed by atoms with E-state index in [1.54, 1.807) is 12.1 Å². The molecule has 0 radical (unpaired) electrons. The van der Waals surface area contributed by atoms with Crippen LogP contribution in [0, 0.1) is 5.92 Å². The first kappa shape index (κ1) is 23.4. The van der Waals surface area contributed by atoms with Gasteiger partial charge in [-0.3, -0.25) is 4.79 Å². The summed E-state index contributed by atoms with van der Waals surface area (Å²) in [6, 6.07) is 13.8. The number of rotatable bonds is 5. The molecule has 0 heterocycles. The molecule has 2 atom stereocenters. The van der Waals surface area contributed by atoms with Crippen molar-refractivity contribution >= 4 is 22.4 Å². The molecule has 158 valence electrons. The highest BCUT2D eigenvalue weighted by Gasteiger charge is 2.33. The molecule has 0 aromatic heterocycles. The fraction of sp³-hybridized carbons (Fsp3) is 0.409. The molecule has 0 bridgehead atoms. The zero-order valence-electron chi connectivity index (χ0n) is 15.9. The van der Waals surface area contributed by atoms with Crippen molar-refractivity contribution in [1.82, 2.24) is 0 Å². The molecular weight excluding hydrogens is 449 g/mol. The second kappa shape index (κ2) is 11.4. The second-order valence-electron chi connectivity index (χ2n) is 7.04. The zero-order valence-corrected chi connectivity index (χ0v) is 17.5. The van der Waals surface area contributed by atoms with Gasteiger partial charge in [-0.25, -0.2) is 0 Å². The Hall–Kier alpha value is -1.86. The lowest BCUT2D eigenvalue weighted by atomic mass is 9.78. The van der Waals surface area contributed by atoms with Gasteiger partial charge in [-0.2, -0.15) is 13.2 Å². The maximum absolute atomic E-state index is 12.7. The van der Waals surface area contributed by atoms with E-state index in [1.807, 2.05) is 30.3 Å². The van der Waals surface area contributed by atoms with Crippen LogP contribution in [0.2, 0.25) is 0 Å². The number of aliphatic hydroxyl groups excluding tert-OH is 1. The standard InChI is InChI=1S/C14H16BrF3O.C8H8O2/c15-13-7-11(4-5-12(13)14(16,17)18)10-3-1-2-9(6-10)8-19;9-7-10-6-8-4-2-1-3-5-8/h4-5,7,9-10,19H,1-3,6,8H2;1-5,7H,6H2. The average Bonchev–Trinajstić information content (AvgIpc) is 2.72. The normalized spacial score (nSPS) is 19.1. The van der Waals surface area contributed by atoms with Crippen LogP contribution in [0.5, 0.6) is 0 Å². The highest BCUT2D eigenvalue weighted by atomic mass is 79.9. The van der Waals surface area contributed by atoms with Gasteiger partial charge in [0.15, 0.2) is 0 Å². The molecule has 3 rings (SSSR count). The van der Waals surface area contributed by atoms with Gasteiger partial charge in [-0.05, 0) is 54.4 Å². The molecule has 1 aliphatic rings. The third-order valence-corrected chi connectivity index (χ3v) is 5.63. The number of carbonyl (C=O) groups is 1. The molecule has 1 aliphatic carbocycles. The van der Waals surface area contributed by atoms with Crippen LogP contribution in [0.1, 0.15) is 48.3 Å². The quantitative estimate of drug-likeness (QED) is 0.535. The predicted molar refractivity (Wildman–Crippen MR) is 108 cm³/mol. The Morgan fingerprint density at radius 2 is 1.86 bits per heavy atom. The van der Waals surface area contributed by atoms with Crippen LogP contribution in [-0.2, 0) is 22.3 Å². The van der Waals surface area contributed by atoms with Crippen molar-refractivity contribution in [3.8, 4) is 0 Å². The first-order chi connectivity index (χ1) is 13.8. The summed E-state index contributed by atoms with van der Waals surface area (Å²) in [7, 11) is 0. The number of aliphatic hydroxyl groups is 1. The van der Waals surface area contributed by atoms with Crippen LogP contribution in [0.3, 0.4) is 0 Å². The lowest BCUT2D eigenvalue weighted by molar-refractivity contribution is -0.138. The topological polar surface area (TPSA) is 46.5 Å². The van der Waals surface area contributed by atoms with E-state index >= 15 is 0 Å². The van der Waals surface area contributed by atoms with Gasteiger partial charge < -0.3 is 9.84 Å². The summed E-state index contributed by atoms with van der Waals surface area (Å²) >= 11 is 3.01. The minimum absolute atomic E-state index is 0.101. The fourth-order valence-corrected chi connectivity index (χ4v) is 4.10. The maximum atomic E-state index is 12.7. The lowest BCUT2D eigenvalue weighted by Gasteiger charge is -2.28. The molecule has 7 heteroatoms. The van der Waals surface area contributed by atoms with E-state index in [0.29, 0.717) is 13.1 Å². The van der Waals surface area contributed by atoms with E-state index in [9.17, 15) is 23.1 Å². The van der Waals surface area contributed by atoms with Crippen LogP contribution in [-0.4, -0.2) is 18.2 Å². The molecule has 0 saturated heterocycles. The van der Waals surface area contributed by atoms with Crippen molar-refractivity contribution in [2.45, 2.75) is 44.4 Å². The molecule has 1 fully saturated rings. The molecule has 1 N–H and O–H groups in total. The Morgan fingerprint density at radius 1 is 1.14 bits per heavy atom. The molecule has 0 aliphatic heterocycles. The highest BCUT2D eigenvalue weighted by Crippen LogP contribution is 2.40. The first-order valence-corrected chi connectivity index (χ1v) is 10.2. The Labute approximate surface area is 177 Å². The van der Waals surface area contributed by atoms with Gasteiger partial charge in [0.2, 0.25) is 0 Å². The van der Waals surface area contributed by atoms with Gasteiger partial charge >= 0.3 is 6.18 Å². The Kier molecular flexibility index (Phi) is 9.17. The monoisotopic (exact) mass is 472 g/mol. The van der Waals surface area contributed by atoms with Gasteiger partial charge in [-0.1, -0.05) is 58.7 Å². The molecule has 2 aromatic carbocycles. The van der Waals surface area contributed by atoms with Crippen LogP contribution < -0.4 is 0 Å². The van der Waals surface area contributed by atoms with E-state index in [4.69, 9.17) is 0 Å². The van der Waals surface area contributed by atoms with Crippen LogP contribution in [0.25, 0.3) is 0 Å². The maximum Gasteiger partial charge on any atom is 0.417 e. The SMILES string of the molecule is O=COCc1ccccc1.OCC1CCCC(c2ccc(C(F)(F)F)c(Br)c2)C1. The first-order valence-electron chi connectivity index (χ1n) is 9.41. The summed E-state index contributed by atoms with van der Waals surface area (Å²) in [5.41, 5.74) is 1.30. The summed E-state index contributed by atoms with van der Waals surface area (Å²) < 4.78 is 42.7. The van der Waals surface area contributed by atoms with Crippen molar-refractivity contribution in [1.29, 1.82) is 0 Å². The van der Waals surface area contributed by atoms with Crippen molar-refractivity contribution in [3.63, 3.8) is 0 Å². The molecule has 29 heavy (non-hydrogen) atoms. The van der Waals surface area contributed by atoms with Crippen molar-refractivity contribution in [2.75, 3.05) is 6.61 Å². The number of carbonyl (C=O) groups excluding carboxylic acids is 1. The molecule has 2 aromatic rings. The summed E-state index contributed by atoms with van der Waals surface area (Å²) in [6.45, 7) is 0.982. The molecule has 3 nitrogen and oxygen atoms in total. The zero-order chi connectivity index (χ0) is 21.3. The number of alkyl halides is 3. The van der Waals surface area contributed by atoms with Gasteiger partial charge in [0.25, 0.3) is 6.47 Å². The molecular formula is C22H24BrF3O3. The number of hydrogen-bond donors (Lipinski definition) is 1. The van der Waals surface area contributed by atoms with Gasteiger partial charge in [0, 0.05) is 11.1 Å². The third-order valence-electron chi connectivity index (χ3n) is 4.97. The largest absolute Gasteiger partial charge is 0.463 e. The van der Waals surface area contributed by atoms with Gasteiger partial charge in [-0.15, -0.1) is 0 Å². The summed E-state index contributed by atoms with van der Waals surface area (Å²) in [6.07, 6.45) is -0.455. The van der Waals surface area contributed by atoms with E-state index in [0.717, 1.165) is 42.9 Å². The minimum atomic E-state index is -4.32. The van der Waals surface area contributed by atoms with E-state index in [1.165, 1.54) is 0 Å². The molecule has 0 spiro atoms. The van der Waals surface area contributed by atoms with E-state index in [2.05, 4.69) is 20.7 Å². The number of ether oxygens (including phenoxy) is 1. The van der Waals surface area contributed by atoms with Crippen molar-refractivity contribution < 1.29 is 27.8 Å². The Balaban J connectivity index is 0.000000253. The Bertz CT molecular complexity index is 766. The number of halogens is 4. The third kappa shape index (κ3) is 7.48. The van der Waals surface area contributed by atoms with Crippen molar-refractivity contribution in [2.24, 2.45) is 5.92 Å². The minimum Gasteiger partial charge on any atom is -0.463 e. The van der Waals surface area contributed by atoms with Crippen LogP contribution >= 0.6 is 15.9 Å². The van der Waals surface area contributed by atoms with Crippen molar-refractivity contribution in [3.05, 3.63) is 69.7 Å². The van der Waals surface area contributed by atoms with Crippen LogP contribution in [0.4, 0.5) is 13.2 Å². The van der Waals surface area contributed by atoms with E-state index < -0.39 is 11.7 Å². The number of benzene rings is 2. The molecule has 1 saturated carbocycles. The second-order valence-corrected chi connectivity index (χ2v) is 7.90. The summed E-state index contributed by atoms with van der Waals surface area (Å²) in [5.74, 6) is 0.532. The lowest BCUT2D eigenvalue weighted by Crippen LogP contribution is -2.17. The summed E-state index contributed by atoms with van der Waals surface area (Å²) in [5, 5.41) is 9.20. The van der Waals surface area contributed by atoms with Gasteiger partial charge in [0.1, 0.15) is 6.61 Å². The van der Waals surface area contributed by atoms with E-state index in [-0.39, 0.29) is 22.9 Å². The summed E-state index contributed by atoms with van der Waals surface area (Å²) in [4.78, 5) is 9.76. The Morgan fingerprint density at radius 3 is 2.45 bits per heavy atom. The predicted octanol–water partition coefficient (Wildman–Crippen LogP) is 6.09. The van der Waals surface area contributed by atoms with Gasteiger partial charge in [0.05, 0.1) is 5.56 Å². The number of hydrogen-bond acceptors (Lipinski definition) is 3. The smallest absolute Gasteiger partial charge is 0.417 e.